The molecule has 0 bridgehead atoms. The van der Waals surface area contributed by atoms with Crippen molar-refractivity contribution in [2.75, 3.05) is 0 Å². The zero-order valence-corrected chi connectivity index (χ0v) is 9.45. The molecule has 0 heterocycles. The highest BCUT2D eigenvalue weighted by Crippen LogP contribution is 2.18. The Balaban J connectivity index is 3.09. The molecule has 0 aliphatic rings. The first-order valence-electron chi connectivity index (χ1n) is 5.61. The van der Waals surface area contributed by atoms with Gasteiger partial charge in [-0.05, 0) is 25.0 Å². The predicted octanol–water partition coefficient (Wildman–Crippen LogP) is 2.30. The summed E-state index contributed by atoms with van der Waals surface area (Å²) in [6, 6.07) is 5.80. The minimum Gasteiger partial charge on any atom is -0.390 e. The van der Waals surface area contributed by atoms with E-state index in [9.17, 15) is 9.90 Å². The zero-order valence-electron chi connectivity index (χ0n) is 10.4. The fraction of sp³-hybridized carbons (Fsp3) is 0.462. The van der Waals surface area contributed by atoms with Gasteiger partial charge in [-0.15, -0.1) is 0 Å². The molecule has 1 aromatic carbocycles. The largest absolute Gasteiger partial charge is 0.390 e. The molecule has 0 aliphatic heterocycles. The van der Waals surface area contributed by atoms with Crippen LogP contribution >= 0.6 is 0 Å². The lowest BCUT2D eigenvalue weighted by Gasteiger charge is -2.17. The molecule has 1 N–H and O–H groups in total. The topological polar surface area (TPSA) is 37.3 Å². The van der Waals surface area contributed by atoms with Crippen molar-refractivity contribution in [1.82, 2.24) is 0 Å². The van der Waals surface area contributed by atoms with Gasteiger partial charge in [0.05, 0.1) is 6.97 Å². The number of carbonyl (C=O) groups is 1. The summed E-state index contributed by atoms with van der Waals surface area (Å²) in [5, 5.41) is 9.73. The van der Waals surface area contributed by atoms with Gasteiger partial charge in [0.2, 0.25) is 0 Å². The molecule has 0 amide bonds. The second kappa shape index (κ2) is 4.58. The van der Waals surface area contributed by atoms with E-state index in [0.29, 0.717) is 12.5 Å². The van der Waals surface area contributed by atoms with Gasteiger partial charge in [-0.25, -0.2) is 0 Å². The first-order valence-corrected chi connectivity index (χ1v) is 5.11. The average Bonchev–Trinajstić information content (AvgIpc) is 2.18. The lowest BCUT2D eigenvalue weighted by atomic mass is 9.94. The van der Waals surface area contributed by atoms with Crippen LogP contribution in [0.15, 0.2) is 24.2 Å². The number of aldehydes is 1. The molecule has 2 heteroatoms. The Morgan fingerprint density at radius 3 is 2.80 bits per heavy atom. The molecule has 0 fully saturated rings. The van der Waals surface area contributed by atoms with Crippen molar-refractivity contribution >= 4 is 6.29 Å². The Hall–Kier alpha value is -1.15. The van der Waals surface area contributed by atoms with Crippen LogP contribution in [0, 0.1) is 0 Å². The molecular formula is C13H18O2. The van der Waals surface area contributed by atoms with E-state index in [4.69, 9.17) is 1.37 Å². The van der Waals surface area contributed by atoms with Crippen LogP contribution < -0.4 is 0 Å². The smallest absolute Gasteiger partial charge is 0.127 e. The highest BCUT2D eigenvalue weighted by atomic mass is 16.3. The fourth-order valence-corrected chi connectivity index (χ4v) is 1.44. The number of rotatable bonds is 4. The molecule has 0 spiro atoms. The molecule has 1 unspecified atom stereocenters. The van der Waals surface area contributed by atoms with Gasteiger partial charge in [0, 0.05) is 12.3 Å². The first-order chi connectivity index (χ1) is 7.35. The van der Waals surface area contributed by atoms with Gasteiger partial charge in [0.1, 0.15) is 6.29 Å². The predicted molar refractivity (Wildman–Crippen MR) is 60.9 cm³/mol. The van der Waals surface area contributed by atoms with Crippen LogP contribution in [0.5, 0.6) is 0 Å². The van der Waals surface area contributed by atoms with Crippen molar-refractivity contribution in [2.45, 2.75) is 38.7 Å². The Bertz CT molecular complexity index is 380. The van der Waals surface area contributed by atoms with E-state index in [-0.39, 0.29) is 5.92 Å². The molecule has 1 atom stereocenters. The minimum atomic E-state index is -0.834. The van der Waals surface area contributed by atoms with E-state index in [1.165, 1.54) is 0 Å². The molecule has 1 rings (SSSR count). The molecular weight excluding hydrogens is 188 g/mol. The van der Waals surface area contributed by atoms with E-state index >= 15 is 0 Å². The minimum absolute atomic E-state index is 0.269. The van der Waals surface area contributed by atoms with E-state index in [1.54, 1.807) is 26.8 Å². The summed E-state index contributed by atoms with van der Waals surface area (Å²) < 4.78 is 7.99. The summed E-state index contributed by atoms with van der Waals surface area (Å²) in [4.78, 5) is 10.7. The van der Waals surface area contributed by atoms with Gasteiger partial charge in [-0.3, -0.25) is 0 Å². The van der Waals surface area contributed by atoms with Crippen LogP contribution in [0.2, 0.25) is 0 Å². The van der Waals surface area contributed by atoms with E-state index in [1.807, 2.05) is 12.1 Å². The summed E-state index contributed by atoms with van der Waals surface area (Å²) in [6.07, 6.45) is 1.26. The molecule has 0 saturated heterocycles. The molecule has 1 aromatic rings. The maximum absolute atomic E-state index is 10.7. The Kier molecular flexibility index (Phi) is 3.17. The Labute approximate surface area is 92.3 Å². The van der Waals surface area contributed by atoms with Crippen molar-refractivity contribution in [1.29, 1.82) is 0 Å². The Morgan fingerprint density at radius 1 is 1.60 bits per heavy atom. The molecule has 0 aliphatic carbocycles. The molecule has 2 nitrogen and oxygen atoms in total. The third-order valence-corrected chi connectivity index (χ3v) is 2.20. The van der Waals surface area contributed by atoms with Crippen molar-refractivity contribution < 1.29 is 11.3 Å². The third kappa shape index (κ3) is 3.84. The van der Waals surface area contributed by atoms with Crippen molar-refractivity contribution in [3.05, 3.63) is 35.4 Å². The van der Waals surface area contributed by atoms with Gasteiger partial charge >= 0.3 is 0 Å². The van der Waals surface area contributed by atoms with Gasteiger partial charge in [0.25, 0.3) is 0 Å². The fourth-order valence-electron chi connectivity index (χ4n) is 1.44. The number of carbonyl (C=O) groups excluding carboxylic acids is 1. The van der Waals surface area contributed by atoms with Crippen LogP contribution in [0.4, 0.5) is 0 Å². The molecule has 0 radical (unpaired) electrons. The molecule has 0 aromatic heterocycles. The van der Waals surface area contributed by atoms with Crippen molar-refractivity contribution in [2.24, 2.45) is 0 Å². The first kappa shape index (κ1) is 10.4. The summed E-state index contributed by atoms with van der Waals surface area (Å²) in [5.41, 5.74) is 0.661. The molecule has 82 valence electrons. The maximum Gasteiger partial charge on any atom is 0.127 e. The summed E-state index contributed by atoms with van der Waals surface area (Å²) >= 11 is 0. The SMILES string of the molecule is [2H]c1c(CC(C)(C)O)cccc1C(C)C=O. The van der Waals surface area contributed by atoms with Gasteiger partial charge < -0.3 is 9.90 Å². The summed E-state index contributed by atoms with van der Waals surface area (Å²) in [6.45, 7) is 5.19. The number of hydrogen-bond donors (Lipinski definition) is 1. The normalized spacial score (nSPS) is 14.5. The zero-order chi connectivity index (χ0) is 12.3. The highest BCUT2D eigenvalue weighted by Gasteiger charge is 2.14. The van der Waals surface area contributed by atoms with E-state index in [2.05, 4.69) is 0 Å². The maximum atomic E-state index is 10.7. The standard InChI is InChI=1S/C13H18O2/c1-10(9-14)12-6-4-5-11(7-12)8-13(2,3)15/h4-7,9-10,15H,8H2,1-3H3/i7D. The van der Waals surface area contributed by atoms with Crippen LogP contribution in [-0.4, -0.2) is 17.0 Å². The highest BCUT2D eigenvalue weighted by molar-refractivity contribution is 5.61. The lowest BCUT2D eigenvalue weighted by molar-refractivity contribution is -0.108. The third-order valence-electron chi connectivity index (χ3n) is 2.20. The monoisotopic (exact) mass is 207 g/mol. The number of hydrogen-bond acceptors (Lipinski definition) is 2. The van der Waals surface area contributed by atoms with Crippen molar-refractivity contribution in [3.8, 4) is 0 Å². The van der Waals surface area contributed by atoms with Crippen LogP contribution in [0.25, 0.3) is 0 Å². The van der Waals surface area contributed by atoms with Crippen molar-refractivity contribution in [3.63, 3.8) is 0 Å². The summed E-state index contributed by atoms with van der Waals surface area (Å²) in [5.74, 6) is -0.269. The average molecular weight is 207 g/mol. The number of benzene rings is 1. The molecule has 0 saturated carbocycles. The quantitative estimate of drug-likeness (QED) is 0.769. The molecule has 15 heavy (non-hydrogen) atoms. The summed E-state index contributed by atoms with van der Waals surface area (Å²) in [7, 11) is 0. The van der Waals surface area contributed by atoms with Crippen LogP contribution in [0.3, 0.4) is 0 Å². The van der Waals surface area contributed by atoms with Gasteiger partial charge in [-0.1, -0.05) is 31.2 Å². The second-order valence-corrected chi connectivity index (χ2v) is 4.55. The van der Waals surface area contributed by atoms with Gasteiger partial charge in [-0.2, -0.15) is 0 Å². The van der Waals surface area contributed by atoms with Gasteiger partial charge in [0.15, 0.2) is 0 Å². The second-order valence-electron chi connectivity index (χ2n) is 4.55. The van der Waals surface area contributed by atoms with E-state index < -0.39 is 5.60 Å². The lowest BCUT2D eigenvalue weighted by Crippen LogP contribution is -2.21. The van der Waals surface area contributed by atoms with E-state index in [0.717, 1.165) is 17.4 Å². The van der Waals surface area contributed by atoms with Crippen LogP contribution in [0.1, 0.15) is 39.2 Å². The van der Waals surface area contributed by atoms with Crippen LogP contribution in [-0.2, 0) is 11.2 Å². The Morgan fingerprint density at radius 2 is 2.27 bits per heavy atom. The number of aliphatic hydroxyl groups is 1.